The van der Waals surface area contributed by atoms with Crippen LogP contribution < -0.4 is 0 Å². The summed E-state index contributed by atoms with van der Waals surface area (Å²) >= 11 is 5.68. The standard InChI is InChI=1S/C11H15ClN2/c12-7-11-4-3-10(8-13-11)9-14-5-1-2-6-14/h3-4,8H,1-2,5-7,9H2. The van der Waals surface area contributed by atoms with Gasteiger partial charge in [-0.05, 0) is 37.6 Å². The molecule has 0 N–H and O–H groups in total. The van der Waals surface area contributed by atoms with Crippen LogP contribution in [-0.2, 0) is 12.4 Å². The van der Waals surface area contributed by atoms with Crippen LogP contribution in [0.5, 0.6) is 0 Å². The van der Waals surface area contributed by atoms with E-state index in [9.17, 15) is 0 Å². The van der Waals surface area contributed by atoms with E-state index in [-0.39, 0.29) is 0 Å². The highest BCUT2D eigenvalue weighted by atomic mass is 35.5. The average molecular weight is 211 g/mol. The largest absolute Gasteiger partial charge is 0.299 e. The third kappa shape index (κ3) is 2.46. The van der Waals surface area contributed by atoms with Gasteiger partial charge in [-0.15, -0.1) is 11.6 Å². The quantitative estimate of drug-likeness (QED) is 0.713. The molecule has 0 aliphatic carbocycles. The predicted molar refractivity (Wildman–Crippen MR) is 58.3 cm³/mol. The Kier molecular flexibility index (Phi) is 3.38. The molecule has 1 aliphatic heterocycles. The molecule has 2 nitrogen and oxygen atoms in total. The molecule has 14 heavy (non-hydrogen) atoms. The summed E-state index contributed by atoms with van der Waals surface area (Å²) in [6.45, 7) is 3.50. The first-order valence-corrected chi connectivity index (χ1v) is 5.64. The van der Waals surface area contributed by atoms with Crippen molar-refractivity contribution in [2.45, 2.75) is 25.3 Å². The van der Waals surface area contributed by atoms with Gasteiger partial charge in [0.2, 0.25) is 0 Å². The van der Waals surface area contributed by atoms with Gasteiger partial charge in [-0.1, -0.05) is 6.07 Å². The number of hydrogen-bond acceptors (Lipinski definition) is 2. The third-order valence-electron chi connectivity index (χ3n) is 2.63. The summed E-state index contributed by atoms with van der Waals surface area (Å²) in [4.78, 5) is 6.75. The highest BCUT2D eigenvalue weighted by molar-refractivity contribution is 6.16. The Hall–Kier alpha value is -0.600. The van der Waals surface area contributed by atoms with Gasteiger partial charge in [0.1, 0.15) is 0 Å². The average Bonchev–Trinajstić information content (AvgIpc) is 2.72. The fraction of sp³-hybridized carbons (Fsp3) is 0.545. The summed E-state index contributed by atoms with van der Waals surface area (Å²) in [5, 5.41) is 0. The Labute approximate surface area is 89.9 Å². The number of rotatable bonds is 3. The Morgan fingerprint density at radius 1 is 1.29 bits per heavy atom. The van der Waals surface area contributed by atoms with Crippen LogP contribution in [0.4, 0.5) is 0 Å². The Bertz CT molecular complexity index is 278. The summed E-state index contributed by atoms with van der Waals surface area (Å²) in [7, 11) is 0. The van der Waals surface area contributed by atoms with Crippen LogP contribution in [0.1, 0.15) is 24.1 Å². The molecule has 1 aromatic rings. The summed E-state index contributed by atoms with van der Waals surface area (Å²) in [5.74, 6) is 0.504. The van der Waals surface area contributed by atoms with Crippen molar-refractivity contribution >= 4 is 11.6 Å². The second kappa shape index (κ2) is 4.76. The highest BCUT2D eigenvalue weighted by Gasteiger charge is 2.11. The van der Waals surface area contributed by atoms with Crippen molar-refractivity contribution < 1.29 is 0 Å². The van der Waals surface area contributed by atoms with Crippen molar-refractivity contribution in [3.05, 3.63) is 29.6 Å². The Morgan fingerprint density at radius 3 is 2.64 bits per heavy atom. The number of alkyl halides is 1. The zero-order valence-corrected chi connectivity index (χ0v) is 9.00. The van der Waals surface area contributed by atoms with Crippen LogP contribution in [0, 0.1) is 0 Å². The van der Waals surface area contributed by atoms with Gasteiger partial charge in [0, 0.05) is 12.7 Å². The molecule has 1 saturated heterocycles. The van der Waals surface area contributed by atoms with Gasteiger partial charge in [-0.3, -0.25) is 9.88 Å². The van der Waals surface area contributed by atoms with Crippen LogP contribution in [0.15, 0.2) is 18.3 Å². The summed E-state index contributed by atoms with van der Waals surface area (Å²) in [6, 6.07) is 4.14. The normalized spacial score (nSPS) is 17.5. The van der Waals surface area contributed by atoms with Crippen molar-refractivity contribution in [3.8, 4) is 0 Å². The molecule has 0 amide bonds. The second-order valence-electron chi connectivity index (χ2n) is 3.77. The lowest BCUT2D eigenvalue weighted by molar-refractivity contribution is 0.331. The minimum atomic E-state index is 0.504. The number of nitrogens with zero attached hydrogens (tertiary/aromatic N) is 2. The molecule has 0 bridgehead atoms. The van der Waals surface area contributed by atoms with E-state index in [2.05, 4.69) is 16.0 Å². The van der Waals surface area contributed by atoms with Crippen molar-refractivity contribution in [1.82, 2.24) is 9.88 Å². The molecular weight excluding hydrogens is 196 g/mol. The fourth-order valence-corrected chi connectivity index (χ4v) is 1.98. The molecule has 1 fully saturated rings. The smallest absolute Gasteiger partial charge is 0.0647 e. The lowest BCUT2D eigenvalue weighted by atomic mass is 10.2. The van der Waals surface area contributed by atoms with Crippen LogP contribution in [0.25, 0.3) is 0 Å². The highest BCUT2D eigenvalue weighted by Crippen LogP contribution is 2.12. The maximum atomic E-state index is 5.68. The molecule has 3 heteroatoms. The molecule has 0 saturated carbocycles. The molecule has 0 aromatic carbocycles. The second-order valence-corrected chi connectivity index (χ2v) is 4.04. The molecule has 0 unspecified atom stereocenters. The number of aromatic nitrogens is 1. The van der Waals surface area contributed by atoms with E-state index >= 15 is 0 Å². The van der Waals surface area contributed by atoms with E-state index in [4.69, 9.17) is 11.6 Å². The lowest BCUT2D eigenvalue weighted by Gasteiger charge is -2.13. The maximum Gasteiger partial charge on any atom is 0.0647 e. The molecule has 0 atom stereocenters. The van der Waals surface area contributed by atoms with E-state index < -0.39 is 0 Å². The molecule has 0 spiro atoms. The van der Waals surface area contributed by atoms with Crippen molar-refractivity contribution in [3.63, 3.8) is 0 Å². The third-order valence-corrected chi connectivity index (χ3v) is 2.90. The Morgan fingerprint density at radius 2 is 2.07 bits per heavy atom. The molecule has 0 radical (unpaired) electrons. The number of likely N-dealkylation sites (tertiary alicyclic amines) is 1. The van der Waals surface area contributed by atoms with Crippen LogP contribution in [0.2, 0.25) is 0 Å². The maximum absolute atomic E-state index is 5.68. The van der Waals surface area contributed by atoms with E-state index in [0.717, 1.165) is 12.2 Å². The van der Waals surface area contributed by atoms with E-state index in [1.165, 1.54) is 31.5 Å². The topological polar surface area (TPSA) is 16.1 Å². The lowest BCUT2D eigenvalue weighted by Crippen LogP contribution is -2.18. The van der Waals surface area contributed by atoms with Gasteiger partial charge >= 0.3 is 0 Å². The molecule has 2 rings (SSSR count). The molecule has 1 aromatic heterocycles. The minimum Gasteiger partial charge on any atom is -0.299 e. The first-order valence-electron chi connectivity index (χ1n) is 5.10. The van der Waals surface area contributed by atoms with E-state index in [1.807, 2.05) is 12.3 Å². The molecular formula is C11H15ClN2. The first kappa shape index (κ1) is 9.94. The molecule has 1 aliphatic rings. The zero-order valence-electron chi connectivity index (χ0n) is 8.25. The van der Waals surface area contributed by atoms with Gasteiger partial charge in [0.25, 0.3) is 0 Å². The summed E-state index contributed by atoms with van der Waals surface area (Å²) in [6.07, 6.45) is 4.62. The van der Waals surface area contributed by atoms with Crippen molar-refractivity contribution in [1.29, 1.82) is 0 Å². The fourth-order valence-electron chi connectivity index (χ4n) is 1.83. The number of hydrogen-bond donors (Lipinski definition) is 0. The summed E-state index contributed by atoms with van der Waals surface area (Å²) < 4.78 is 0. The minimum absolute atomic E-state index is 0.504. The first-order chi connectivity index (χ1) is 6.88. The Balaban J connectivity index is 1.95. The van der Waals surface area contributed by atoms with E-state index in [0.29, 0.717) is 5.88 Å². The molecule has 76 valence electrons. The van der Waals surface area contributed by atoms with Crippen molar-refractivity contribution in [2.24, 2.45) is 0 Å². The van der Waals surface area contributed by atoms with Crippen molar-refractivity contribution in [2.75, 3.05) is 13.1 Å². The predicted octanol–water partition coefficient (Wildman–Crippen LogP) is 2.42. The van der Waals surface area contributed by atoms with Gasteiger partial charge in [-0.25, -0.2) is 0 Å². The summed E-state index contributed by atoms with van der Waals surface area (Å²) in [5.41, 5.74) is 2.25. The van der Waals surface area contributed by atoms with Gasteiger partial charge < -0.3 is 0 Å². The van der Waals surface area contributed by atoms with Crippen LogP contribution in [0.3, 0.4) is 0 Å². The zero-order chi connectivity index (χ0) is 9.80. The number of halogens is 1. The van der Waals surface area contributed by atoms with Gasteiger partial charge in [-0.2, -0.15) is 0 Å². The number of pyridine rings is 1. The van der Waals surface area contributed by atoms with Gasteiger partial charge in [0.05, 0.1) is 11.6 Å². The van der Waals surface area contributed by atoms with E-state index in [1.54, 1.807) is 0 Å². The SMILES string of the molecule is ClCc1ccc(CN2CCCC2)cn1. The van der Waals surface area contributed by atoms with Gasteiger partial charge in [0.15, 0.2) is 0 Å². The van der Waals surface area contributed by atoms with Crippen LogP contribution in [-0.4, -0.2) is 23.0 Å². The monoisotopic (exact) mass is 210 g/mol. The molecule has 2 heterocycles. The van der Waals surface area contributed by atoms with Crippen LogP contribution >= 0.6 is 11.6 Å².